The van der Waals surface area contributed by atoms with E-state index in [1.807, 2.05) is 19.1 Å². The minimum atomic E-state index is -0.294. The Kier molecular flexibility index (Phi) is 6.49. The lowest BCUT2D eigenvalue weighted by molar-refractivity contribution is -0.121. The first kappa shape index (κ1) is 19.7. The highest BCUT2D eigenvalue weighted by atomic mass is 32.1. The number of hydrogen-bond donors (Lipinski definition) is 2. The fourth-order valence-electron chi connectivity index (χ4n) is 2.65. The number of rotatable bonds is 7. The van der Waals surface area contributed by atoms with Crippen LogP contribution >= 0.6 is 11.3 Å². The molecular formula is C21H20FN3O2S. The molecule has 2 N–H and O–H groups in total. The van der Waals surface area contributed by atoms with Gasteiger partial charge < -0.3 is 10.6 Å². The van der Waals surface area contributed by atoms with Gasteiger partial charge in [-0.1, -0.05) is 18.2 Å². The predicted molar refractivity (Wildman–Crippen MR) is 107 cm³/mol. The van der Waals surface area contributed by atoms with Gasteiger partial charge in [0.25, 0.3) is 5.91 Å². The highest BCUT2D eigenvalue weighted by Gasteiger charge is 2.14. The first-order valence-electron chi connectivity index (χ1n) is 8.83. The Hall–Kier alpha value is -3.06. The van der Waals surface area contributed by atoms with Crippen molar-refractivity contribution in [3.05, 3.63) is 76.7 Å². The molecule has 0 fully saturated rings. The molecule has 0 saturated heterocycles. The van der Waals surface area contributed by atoms with Crippen molar-refractivity contribution in [2.75, 3.05) is 6.54 Å². The summed E-state index contributed by atoms with van der Waals surface area (Å²) >= 11 is 1.35. The van der Waals surface area contributed by atoms with Crippen LogP contribution in [0.5, 0.6) is 0 Å². The van der Waals surface area contributed by atoms with Crippen molar-refractivity contribution in [1.29, 1.82) is 0 Å². The van der Waals surface area contributed by atoms with Gasteiger partial charge in [0.2, 0.25) is 5.91 Å². The molecule has 0 aliphatic heterocycles. The molecule has 2 amide bonds. The topological polar surface area (TPSA) is 71.1 Å². The Morgan fingerprint density at radius 3 is 2.64 bits per heavy atom. The van der Waals surface area contributed by atoms with Crippen LogP contribution in [0, 0.1) is 12.7 Å². The van der Waals surface area contributed by atoms with Crippen LogP contribution in [0.4, 0.5) is 4.39 Å². The van der Waals surface area contributed by atoms with Gasteiger partial charge in [-0.25, -0.2) is 4.39 Å². The van der Waals surface area contributed by atoms with E-state index in [0.717, 1.165) is 21.6 Å². The number of aromatic nitrogens is 1. The molecule has 0 radical (unpaired) electrons. The number of hydrogen-bond acceptors (Lipinski definition) is 4. The number of carbonyl (C=O) groups is 2. The normalized spacial score (nSPS) is 10.5. The first-order chi connectivity index (χ1) is 13.5. The van der Waals surface area contributed by atoms with E-state index in [4.69, 9.17) is 0 Å². The summed E-state index contributed by atoms with van der Waals surface area (Å²) in [7, 11) is 0. The fraction of sp³-hybridized carbons (Fsp3) is 0.190. The quantitative estimate of drug-likeness (QED) is 0.639. The number of benzene rings is 1. The average Bonchev–Trinajstić information content (AvgIpc) is 3.09. The van der Waals surface area contributed by atoms with E-state index in [1.54, 1.807) is 30.6 Å². The van der Waals surface area contributed by atoms with Crippen LogP contribution in [0.2, 0.25) is 0 Å². The molecule has 1 aromatic carbocycles. The van der Waals surface area contributed by atoms with Crippen molar-refractivity contribution in [3.8, 4) is 10.4 Å². The van der Waals surface area contributed by atoms with Crippen molar-refractivity contribution in [2.45, 2.75) is 19.9 Å². The summed E-state index contributed by atoms with van der Waals surface area (Å²) < 4.78 is 13.1. The lowest BCUT2D eigenvalue weighted by Gasteiger charge is -2.06. The fourth-order valence-corrected chi connectivity index (χ4v) is 3.74. The third-order valence-electron chi connectivity index (χ3n) is 4.10. The predicted octanol–water partition coefficient (Wildman–Crippen LogP) is 3.69. The molecule has 2 aromatic heterocycles. The molecule has 144 valence electrons. The average molecular weight is 397 g/mol. The summed E-state index contributed by atoms with van der Waals surface area (Å²) in [6.07, 6.45) is 3.57. The van der Waals surface area contributed by atoms with E-state index < -0.39 is 0 Å². The van der Waals surface area contributed by atoms with Crippen LogP contribution in [-0.4, -0.2) is 23.3 Å². The van der Waals surface area contributed by atoms with E-state index >= 15 is 0 Å². The molecule has 0 saturated carbocycles. The highest BCUT2D eigenvalue weighted by Crippen LogP contribution is 2.32. The summed E-state index contributed by atoms with van der Waals surface area (Å²) in [5.74, 6) is -0.655. The number of carbonyl (C=O) groups excluding carboxylic acids is 2. The molecule has 0 atom stereocenters. The SMILES string of the molecule is Cc1cc(C(=O)NCCC(=O)NCc2cccnc2)sc1-c1ccc(F)cc1. The lowest BCUT2D eigenvalue weighted by Crippen LogP contribution is -2.30. The largest absolute Gasteiger partial charge is 0.352 e. The second kappa shape index (κ2) is 9.23. The van der Waals surface area contributed by atoms with Gasteiger partial charge in [0.05, 0.1) is 4.88 Å². The van der Waals surface area contributed by atoms with Crippen LogP contribution in [0.1, 0.15) is 27.2 Å². The number of nitrogens with zero attached hydrogens (tertiary/aromatic N) is 1. The maximum absolute atomic E-state index is 13.1. The van der Waals surface area contributed by atoms with Crippen LogP contribution in [0.15, 0.2) is 54.9 Å². The molecule has 0 spiro atoms. The molecule has 0 aliphatic rings. The van der Waals surface area contributed by atoms with Crippen molar-refractivity contribution >= 4 is 23.2 Å². The maximum Gasteiger partial charge on any atom is 0.261 e. The molecule has 5 nitrogen and oxygen atoms in total. The van der Waals surface area contributed by atoms with Crippen molar-refractivity contribution in [2.24, 2.45) is 0 Å². The number of aryl methyl sites for hydroxylation is 1. The summed E-state index contributed by atoms with van der Waals surface area (Å²) in [5, 5.41) is 5.56. The molecule has 0 unspecified atom stereocenters. The molecule has 2 heterocycles. The van der Waals surface area contributed by atoms with Gasteiger partial charge in [0.1, 0.15) is 5.82 Å². The van der Waals surface area contributed by atoms with E-state index in [0.29, 0.717) is 11.4 Å². The standard InChI is InChI=1S/C21H20FN3O2S/c1-14-11-18(28-20(14)16-4-6-17(22)7-5-16)21(27)24-10-8-19(26)25-13-15-3-2-9-23-12-15/h2-7,9,11-12H,8,10,13H2,1H3,(H,24,27)(H,25,26). The van der Waals surface area contributed by atoms with E-state index in [2.05, 4.69) is 15.6 Å². The van der Waals surface area contributed by atoms with Crippen molar-refractivity contribution in [1.82, 2.24) is 15.6 Å². The summed E-state index contributed by atoms with van der Waals surface area (Å²) in [6.45, 7) is 2.57. The molecule has 0 bridgehead atoms. The van der Waals surface area contributed by atoms with Gasteiger partial charge in [-0.05, 0) is 47.9 Å². The number of halogens is 1. The minimum Gasteiger partial charge on any atom is -0.352 e. The van der Waals surface area contributed by atoms with Crippen molar-refractivity contribution in [3.63, 3.8) is 0 Å². The number of pyridine rings is 1. The van der Waals surface area contributed by atoms with E-state index in [1.165, 1.54) is 23.5 Å². The highest BCUT2D eigenvalue weighted by molar-refractivity contribution is 7.17. The minimum absolute atomic E-state index is 0.140. The van der Waals surface area contributed by atoms with Gasteiger partial charge in [-0.15, -0.1) is 11.3 Å². The van der Waals surface area contributed by atoms with Gasteiger partial charge in [-0.3, -0.25) is 14.6 Å². The molecule has 0 aliphatic carbocycles. The zero-order valence-electron chi connectivity index (χ0n) is 15.4. The molecule has 3 rings (SSSR count). The summed E-state index contributed by atoms with van der Waals surface area (Å²) in [6, 6.07) is 11.7. The van der Waals surface area contributed by atoms with E-state index in [-0.39, 0.29) is 30.6 Å². The Morgan fingerprint density at radius 1 is 1.14 bits per heavy atom. The lowest BCUT2D eigenvalue weighted by atomic mass is 10.1. The Bertz CT molecular complexity index is 956. The maximum atomic E-state index is 13.1. The van der Waals surface area contributed by atoms with Gasteiger partial charge in [0, 0.05) is 36.8 Å². The summed E-state index contributed by atoms with van der Waals surface area (Å²) in [4.78, 5) is 29.7. The Morgan fingerprint density at radius 2 is 1.93 bits per heavy atom. The third-order valence-corrected chi connectivity index (χ3v) is 5.38. The molecular weight excluding hydrogens is 377 g/mol. The summed E-state index contributed by atoms with van der Waals surface area (Å²) in [5.41, 5.74) is 2.75. The second-order valence-corrected chi connectivity index (χ2v) is 7.33. The molecule has 3 aromatic rings. The van der Waals surface area contributed by atoms with Gasteiger partial charge in [-0.2, -0.15) is 0 Å². The van der Waals surface area contributed by atoms with Crippen LogP contribution in [0.25, 0.3) is 10.4 Å². The first-order valence-corrected chi connectivity index (χ1v) is 9.65. The zero-order chi connectivity index (χ0) is 19.9. The molecule has 7 heteroatoms. The third kappa shape index (κ3) is 5.23. The van der Waals surface area contributed by atoms with Gasteiger partial charge >= 0.3 is 0 Å². The van der Waals surface area contributed by atoms with Crippen LogP contribution in [0.3, 0.4) is 0 Å². The van der Waals surface area contributed by atoms with Gasteiger partial charge in [0.15, 0.2) is 0 Å². The van der Waals surface area contributed by atoms with Crippen LogP contribution in [-0.2, 0) is 11.3 Å². The van der Waals surface area contributed by atoms with E-state index in [9.17, 15) is 14.0 Å². The number of nitrogens with one attached hydrogen (secondary N) is 2. The Balaban J connectivity index is 1.49. The zero-order valence-corrected chi connectivity index (χ0v) is 16.2. The smallest absolute Gasteiger partial charge is 0.261 e. The monoisotopic (exact) mass is 397 g/mol. The second-order valence-electron chi connectivity index (χ2n) is 6.27. The van der Waals surface area contributed by atoms with Crippen molar-refractivity contribution < 1.29 is 14.0 Å². The Labute approximate surface area is 166 Å². The molecule has 28 heavy (non-hydrogen) atoms. The van der Waals surface area contributed by atoms with Crippen LogP contribution < -0.4 is 10.6 Å². The number of amides is 2. The number of thiophene rings is 1.